The number of hydrogen-bond donors (Lipinski definition) is 1. The van der Waals surface area contributed by atoms with Gasteiger partial charge in [0.25, 0.3) is 0 Å². The number of nitrogens with zero attached hydrogens (tertiary/aromatic N) is 1. The normalized spacial score (nSPS) is 10.6. The Labute approximate surface area is 160 Å². The zero-order valence-corrected chi connectivity index (χ0v) is 15.7. The smallest absolute Gasteiger partial charge is 0.224 e. The van der Waals surface area contributed by atoms with E-state index in [1.54, 1.807) is 0 Å². The van der Waals surface area contributed by atoms with Gasteiger partial charge in [0.05, 0.1) is 13.0 Å². The summed E-state index contributed by atoms with van der Waals surface area (Å²) in [5.74, 6) is 0.955. The molecular weight excluding hydrogens is 336 g/mol. The molecule has 0 radical (unpaired) electrons. The molecule has 2 aromatic carbocycles. The van der Waals surface area contributed by atoms with E-state index in [9.17, 15) is 4.79 Å². The van der Waals surface area contributed by atoms with Crippen LogP contribution in [0.4, 0.5) is 0 Å². The second-order valence-corrected chi connectivity index (χ2v) is 6.65. The van der Waals surface area contributed by atoms with Gasteiger partial charge < -0.3 is 14.6 Å². The van der Waals surface area contributed by atoms with Crippen LogP contribution in [0.3, 0.4) is 0 Å². The van der Waals surface area contributed by atoms with Crippen molar-refractivity contribution in [2.45, 2.75) is 26.2 Å². The Hall–Kier alpha value is -3.01. The van der Waals surface area contributed by atoms with Crippen molar-refractivity contribution in [3.8, 4) is 11.4 Å². The van der Waals surface area contributed by atoms with E-state index in [2.05, 4.69) is 12.2 Å². The lowest BCUT2D eigenvalue weighted by atomic mass is 10.1. The van der Waals surface area contributed by atoms with Crippen LogP contribution in [0.15, 0.2) is 73.1 Å². The third kappa shape index (κ3) is 6.03. The molecule has 4 heteroatoms. The van der Waals surface area contributed by atoms with Crippen LogP contribution in [-0.2, 0) is 11.2 Å². The van der Waals surface area contributed by atoms with Gasteiger partial charge in [0.2, 0.25) is 5.91 Å². The lowest BCUT2D eigenvalue weighted by Crippen LogP contribution is -2.26. The van der Waals surface area contributed by atoms with Gasteiger partial charge in [0, 0.05) is 24.6 Å². The molecule has 0 unspecified atom stereocenters. The zero-order chi connectivity index (χ0) is 18.9. The fourth-order valence-electron chi connectivity index (χ4n) is 2.82. The van der Waals surface area contributed by atoms with Gasteiger partial charge in [-0.2, -0.15) is 0 Å². The molecule has 0 spiro atoms. The van der Waals surface area contributed by atoms with Crippen molar-refractivity contribution >= 4 is 5.91 Å². The molecule has 0 saturated carbocycles. The second kappa shape index (κ2) is 9.62. The number of benzene rings is 2. The first kappa shape index (κ1) is 18.8. The summed E-state index contributed by atoms with van der Waals surface area (Å²) in [7, 11) is 0. The minimum absolute atomic E-state index is 0.0585. The molecule has 1 heterocycles. The van der Waals surface area contributed by atoms with Crippen molar-refractivity contribution in [2.24, 2.45) is 0 Å². The summed E-state index contributed by atoms with van der Waals surface area (Å²) in [6.45, 7) is 3.40. The molecular formula is C23H26N2O2. The summed E-state index contributed by atoms with van der Waals surface area (Å²) >= 11 is 0. The highest BCUT2D eigenvalue weighted by Gasteiger charge is 2.03. The van der Waals surface area contributed by atoms with Crippen molar-refractivity contribution in [1.82, 2.24) is 9.88 Å². The number of nitrogens with one attached hydrogen (secondary N) is 1. The van der Waals surface area contributed by atoms with Crippen LogP contribution in [0.25, 0.3) is 5.69 Å². The van der Waals surface area contributed by atoms with Gasteiger partial charge >= 0.3 is 0 Å². The lowest BCUT2D eigenvalue weighted by Gasteiger charge is -2.08. The number of carbonyl (C=O) groups excluding carboxylic acids is 1. The van der Waals surface area contributed by atoms with Crippen molar-refractivity contribution in [2.75, 3.05) is 13.2 Å². The van der Waals surface area contributed by atoms with E-state index in [0.717, 1.165) is 29.8 Å². The number of amides is 1. The zero-order valence-electron chi connectivity index (χ0n) is 15.7. The Balaban J connectivity index is 1.31. The quantitative estimate of drug-likeness (QED) is 0.577. The maximum absolute atomic E-state index is 12.1. The second-order valence-electron chi connectivity index (χ2n) is 6.65. The molecule has 3 aromatic rings. The third-order valence-corrected chi connectivity index (χ3v) is 4.39. The molecule has 0 atom stereocenters. The average molecular weight is 362 g/mol. The number of aryl methyl sites for hydroxylation is 1. The molecule has 4 nitrogen and oxygen atoms in total. The summed E-state index contributed by atoms with van der Waals surface area (Å²) in [5, 5.41) is 2.98. The van der Waals surface area contributed by atoms with E-state index < -0.39 is 0 Å². The Bertz CT molecular complexity index is 822. The van der Waals surface area contributed by atoms with Gasteiger partial charge in [-0.1, -0.05) is 29.8 Å². The van der Waals surface area contributed by atoms with Gasteiger partial charge in [0.1, 0.15) is 5.75 Å². The molecule has 140 valence electrons. The summed E-state index contributed by atoms with van der Waals surface area (Å²) in [6, 6.07) is 20.1. The molecule has 0 aliphatic heterocycles. The Morgan fingerprint density at radius 2 is 1.67 bits per heavy atom. The van der Waals surface area contributed by atoms with E-state index in [4.69, 9.17) is 4.74 Å². The van der Waals surface area contributed by atoms with E-state index in [1.165, 1.54) is 5.56 Å². The molecule has 0 fully saturated rings. The maximum atomic E-state index is 12.1. The summed E-state index contributed by atoms with van der Waals surface area (Å²) in [6.07, 6.45) is 6.24. The molecule has 0 saturated heterocycles. The Kier molecular flexibility index (Phi) is 6.69. The van der Waals surface area contributed by atoms with Crippen molar-refractivity contribution in [3.63, 3.8) is 0 Å². The number of carbonyl (C=O) groups is 1. The first-order valence-electron chi connectivity index (χ1n) is 9.39. The van der Waals surface area contributed by atoms with Crippen molar-refractivity contribution < 1.29 is 9.53 Å². The van der Waals surface area contributed by atoms with Crippen LogP contribution < -0.4 is 10.1 Å². The van der Waals surface area contributed by atoms with Crippen LogP contribution in [-0.4, -0.2) is 23.6 Å². The number of hydrogen-bond acceptors (Lipinski definition) is 2. The van der Waals surface area contributed by atoms with Crippen LogP contribution in [0.2, 0.25) is 0 Å². The topological polar surface area (TPSA) is 43.3 Å². The third-order valence-electron chi connectivity index (χ3n) is 4.39. The van der Waals surface area contributed by atoms with Gasteiger partial charge in [-0.25, -0.2) is 0 Å². The summed E-state index contributed by atoms with van der Waals surface area (Å²) in [4.78, 5) is 12.1. The van der Waals surface area contributed by atoms with Gasteiger partial charge in [0.15, 0.2) is 0 Å². The lowest BCUT2D eigenvalue weighted by molar-refractivity contribution is -0.120. The first-order chi connectivity index (χ1) is 13.2. The first-order valence-corrected chi connectivity index (χ1v) is 9.39. The van der Waals surface area contributed by atoms with Gasteiger partial charge in [-0.3, -0.25) is 4.79 Å². The highest BCUT2D eigenvalue weighted by atomic mass is 16.5. The molecule has 1 amide bonds. The Morgan fingerprint density at radius 3 is 2.37 bits per heavy atom. The Morgan fingerprint density at radius 1 is 0.963 bits per heavy atom. The van der Waals surface area contributed by atoms with Gasteiger partial charge in [-0.05, 0) is 61.7 Å². The predicted molar refractivity (Wildman–Crippen MR) is 108 cm³/mol. The summed E-state index contributed by atoms with van der Waals surface area (Å²) in [5.41, 5.74) is 3.34. The number of aromatic nitrogens is 1. The molecule has 0 aliphatic rings. The largest absolute Gasteiger partial charge is 0.494 e. The highest BCUT2D eigenvalue weighted by Crippen LogP contribution is 2.12. The average Bonchev–Trinajstić information content (AvgIpc) is 3.21. The van der Waals surface area contributed by atoms with Crippen molar-refractivity contribution in [3.05, 3.63) is 84.2 Å². The van der Waals surface area contributed by atoms with Crippen molar-refractivity contribution in [1.29, 1.82) is 0 Å². The molecule has 0 aliphatic carbocycles. The van der Waals surface area contributed by atoms with Gasteiger partial charge in [-0.15, -0.1) is 0 Å². The summed E-state index contributed by atoms with van der Waals surface area (Å²) < 4.78 is 7.73. The molecule has 0 bridgehead atoms. The maximum Gasteiger partial charge on any atom is 0.224 e. The molecule has 3 rings (SSSR count). The van der Waals surface area contributed by atoms with Crippen LogP contribution in [0, 0.1) is 6.92 Å². The molecule has 27 heavy (non-hydrogen) atoms. The minimum Gasteiger partial charge on any atom is -0.494 e. The predicted octanol–water partition coefficient (Wildman–Crippen LogP) is 4.30. The van der Waals surface area contributed by atoms with Crippen LogP contribution in [0.5, 0.6) is 5.75 Å². The number of rotatable bonds is 9. The molecule has 1 aromatic heterocycles. The standard InChI is InChI=1S/C23H26N2O2/c1-19-6-12-22(13-7-19)27-17-5-2-14-24-23(26)18-20-8-10-21(11-9-20)25-15-3-4-16-25/h3-4,6-13,15-16H,2,5,14,17-18H2,1H3,(H,24,26). The fourth-order valence-corrected chi connectivity index (χ4v) is 2.82. The van der Waals surface area contributed by atoms with Crippen LogP contribution >= 0.6 is 0 Å². The van der Waals surface area contributed by atoms with E-state index in [1.807, 2.05) is 77.6 Å². The van der Waals surface area contributed by atoms with E-state index in [0.29, 0.717) is 19.6 Å². The number of unbranched alkanes of at least 4 members (excludes halogenated alkanes) is 1. The molecule has 1 N–H and O–H groups in total. The highest BCUT2D eigenvalue weighted by molar-refractivity contribution is 5.78. The van der Waals surface area contributed by atoms with Crippen LogP contribution in [0.1, 0.15) is 24.0 Å². The van der Waals surface area contributed by atoms with E-state index in [-0.39, 0.29) is 5.91 Å². The monoisotopic (exact) mass is 362 g/mol. The number of ether oxygens (including phenoxy) is 1. The fraction of sp³-hybridized carbons (Fsp3) is 0.261. The SMILES string of the molecule is Cc1ccc(OCCCCNC(=O)Cc2ccc(-n3cccc3)cc2)cc1. The minimum atomic E-state index is 0.0585. The van der Waals surface area contributed by atoms with E-state index >= 15 is 0 Å².